The first kappa shape index (κ1) is 7.95. The zero-order chi connectivity index (χ0) is 22.3. The number of ether oxygens (including phenoxy) is 1. The van der Waals surface area contributed by atoms with Crippen LogP contribution in [-0.4, -0.2) is 49.4 Å². The molecule has 2 aliphatic rings. The second-order valence-electron chi connectivity index (χ2n) is 6.03. The van der Waals surface area contributed by atoms with Gasteiger partial charge in [0.25, 0.3) is 0 Å². The maximum Gasteiger partial charge on any atom is 0.496 e. The van der Waals surface area contributed by atoms with Crippen molar-refractivity contribution in [2.45, 2.75) is 45.0 Å². The molecule has 3 rings (SSSR count). The van der Waals surface area contributed by atoms with Gasteiger partial charge in [-0.1, -0.05) is 6.07 Å². The van der Waals surface area contributed by atoms with Crippen LogP contribution in [0.5, 0.6) is 0 Å². The van der Waals surface area contributed by atoms with E-state index >= 15 is 0 Å². The molecule has 0 N–H and O–H groups in total. The fraction of sp³-hybridized carbons (Fsp3) is 0.667. The summed E-state index contributed by atoms with van der Waals surface area (Å²) >= 11 is 0. The van der Waals surface area contributed by atoms with Gasteiger partial charge >= 0.3 is 7.12 Å². The quantitative estimate of drug-likeness (QED) is 0.785. The molecule has 21 heavy (non-hydrogen) atoms. The number of methoxy groups -OCH3 is 1. The lowest BCUT2D eigenvalue weighted by molar-refractivity contribution is 0.00578. The number of rotatable bonds is 3. The van der Waals surface area contributed by atoms with Crippen molar-refractivity contribution in [2.75, 3.05) is 24.9 Å². The van der Waals surface area contributed by atoms with Crippen molar-refractivity contribution in [3.8, 4) is 0 Å². The van der Waals surface area contributed by atoms with Crippen LogP contribution in [0.1, 0.15) is 38.7 Å². The Labute approximate surface area is 138 Å². The van der Waals surface area contributed by atoms with Crippen molar-refractivity contribution in [1.29, 1.82) is 0 Å². The van der Waals surface area contributed by atoms with E-state index in [1.807, 2.05) is 27.7 Å². The highest BCUT2D eigenvalue weighted by molar-refractivity contribution is 6.62. The summed E-state index contributed by atoms with van der Waals surface area (Å²) in [5, 5.41) is 0. The standard InChI is InChI=1S/C15H23BN2O3/c1-14(2)15(3,4)21-16(20-14)11-6-7-13(17-8-11)18-9-12(10-18)19-5/h6-8,12H,9-10H2,1-5H3/i5D3,9D2,10D2,12D. The Morgan fingerprint density at radius 2 is 2.05 bits per heavy atom. The van der Waals surface area contributed by atoms with Crippen LogP contribution in [0.15, 0.2) is 18.3 Å². The SMILES string of the molecule is [2H]C([2H])([2H])OC1([2H])C([2H])([2H])N(c2ccc(B3OC(C)(C)C(C)(C)O3)cn2)C1([2H])[2H]. The van der Waals surface area contributed by atoms with Gasteiger partial charge in [0.05, 0.1) is 28.2 Å². The molecule has 0 radical (unpaired) electrons. The maximum absolute atomic E-state index is 8.08. The molecular weight excluding hydrogens is 267 g/mol. The molecule has 0 spiro atoms. The van der Waals surface area contributed by atoms with Crippen molar-refractivity contribution >= 4 is 18.4 Å². The number of aromatic nitrogens is 1. The van der Waals surface area contributed by atoms with E-state index in [0.29, 0.717) is 10.4 Å². The number of nitrogens with zero attached hydrogens (tertiary/aromatic N) is 2. The first-order valence-corrected chi connectivity index (χ1v) is 6.68. The molecule has 0 atom stereocenters. The minimum Gasteiger partial charge on any atom is -0.399 e. The van der Waals surface area contributed by atoms with Crippen LogP contribution < -0.4 is 10.4 Å². The van der Waals surface area contributed by atoms with Crippen LogP contribution in [0.25, 0.3) is 0 Å². The topological polar surface area (TPSA) is 43.8 Å². The highest BCUT2D eigenvalue weighted by Gasteiger charge is 2.51. The van der Waals surface area contributed by atoms with Gasteiger partial charge in [-0.2, -0.15) is 0 Å². The summed E-state index contributed by atoms with van der Waals surface area (Å²) in [6.07, 6.45) is -1.59. The lowest BCUT2D eigenvalue weighted by Gasteiger charge is -2.39. The molecule has 0 amide bonds. The molecular formula is C15H23BN2O3. The van der Waals surface area contributed by atoms with E-state index < -0.39 is 44.4 Å². The van der Waals surface area contributed by atoms with Gasteiger partial charge in [-0.3, -0.25) is 0 Å². The van der Waals surface area contributed by atoms with Gasteiger partial charge in [0.2, 0.25) is 0 Å². The predicted octanol–water partition coefficient (Wildman–Crippen LogP) is 1.22. The van der Waals surface area contributed by atoms with E-state index in [2.05, 4.69) is 9.72 Å². The van der Waals surface area contributed by atoms with Crippen LogP contribution in [0.3, 0.4) is 0 Å². The van der Waals surface area contributed by atoms with E-state index in [-0.39, 0.29) is 5.82 Å². The van der Waals surface area contributed by atoms with Crippen molar-refractivity contribution < 1.29 is 25.0 Å². The second kappa shape index (κ2) is 4.97. The van der Waals surface area contributed by atoms with Crippen molar-refractivity contribution in [1.82, 2.24) is 4.98 Å². The Balaban J connectivity index is 1.86. The lowest BCUT2D eigenvalue weighted by atomic mass is 9.80. The third-order valence-electron chi connectivity index (χ3n) is 4.05. The summed E-state index contributed by atoms with van der Waals surface area (Å²) in [6, 6.07) is 2.93. The van der Waals surface area contributed by atoms with Crippen LogP contribution in [-0.2, 0) is 14.0 Å². The zero-order valence-corrected chi connectivity index (χ0v) is 12.4. The number of hydrogen-bond donors (Lipinski definition) is 0. The zero-order valence-electron chi connectivity index (χ0n) is 20.4. The van der Waals surface area contributed by atoms with Gasteiger partial charge < -0.3 is 18.9 Å². The first-order valence-electron chi connectivity index (χ1n) is 10.7. The van der Waals surface area contributed by atoms with Gasteiger partial charge in [0, 0.05) is 31.7 Å². The molecule has 0 bridgehead atoms. The van der Waals surface area contributed by atoms with Gasteiger partial charge in [-0.25, -0.2) is 4.98 Å². The summed E-state index contributed by atoms with van der Waals surface area (Å²) in [4.78, 5) is 4.69. The third kappa shape index (κ3) is 2.56. The molecule has 3 heterocycles. The van der Waals surface area contributed by atoms with Gasteiger partial charge in [-0.05, 0) is 33.8 Å². The summed E-state index contributed by atoms with van der Waals surface area (Å²) in [7, 11) is -3.83. The molecule has 5 nitrogen and oxygen atoms in total. The van der Waals surface area contributed by atoms with Crippen molar-refractivity contribution in [2.24, 2.45) is 0 Å². The maximum atomic E-state index is 8.08. The molecule has 6 heteroatoms. The van der Waals surface area contributed by atoms with E-state index in [9.17, 15) is 0 Å². The molecule has 2 aliphatic heterocycles. The lowest BCUT2D eigenvalue weighted by Crippen LogP contribution is -2.52. The average molecular weight is 298 g/mol. The fourth-order valence-corrected chi connectivity index (χ4v) is 2.01. The van der Waals surface area contributed by atoms with Crippen molar-refractivity contribution in [3.63, 3.8) is 0 Å². The first-order chi connectivity index (χ1) is 12.9. The van der Waals surface area contributed by atoms with Crippen LogP contribution in [0.2, 0.25) is 0 Å². The van der Waals surface area contributed by atoms with Crippen LogP contribution in [0, 0.1) is 0 Å². The van der Waals surface area contributed by atoms with Crippen LogP contribution in [0.4, 0.5) is 5.82 Å². The number of anilines is 1. The minimum atomic E-state index is -3.14. The smallest absolute Gasteiger partial charge is 0.399 e. The van der Waals surface area contributed by atoms with Crippen molar-refractivity contribution in [3.05, 3.63) is 18.3 Å². The molecule has 0 aromatic carbocycles. The fourth-order valence-electron chi connectivity index (χ4n) is 2.01. The molecule has 0 aliphatic carbocycles. The molecule has 2 saturated heterocycles. The Kier molecular flexibility index (Phi) is 1.88. The molecule has 0 unspecified atom stereocenters. The van der Waals surface area contributed by atoms with E-state index in [4.69, 9.17) is 20.3 Å². The Bertz CT molecular complexity index is 768. The Hall–Kier alpha value is -1.11. The molecule has 2 fully saturated rings. The molecule has 1 aromatic heterocycles. The van der Waals surface area contributed by atoms with E-state index in [0.717, 1.165) is 0 Å². The van der Waals surface area contributed by atoms with Gasteiger partial charge in [0.1, 0.15) is 5.82 Å². The largest absolute Gasteiger partial charge is 0.496 e. The highest BCUT2D eigenvalue weighted by Crippen LogP contribution is 2.36. The summed E-state index contributed by atoms with van der Waals surface area (Å²) in [5.74, 6) is -0.114. The van der Waals surface area contributed by atoms with Gasteiger partial charge in [0.15, 0.2) is 0 Å². The summed E-state index contributed by atoms with van der Waals surface area (Å²) in [6.45, 7) is 2.05. The monoisotopic (exact) mass is 298 g/mol. The number of pyridine rings is 1. The molecule has 0 saturated carbocycles. The normalized spacial score (nSPS) is 36.8. The number of hydrogen-bond acceptors (Lipinski definition) is 5. The average Bonchev–Trinajstić information content (AvgIpc) is 2.73. The second-order valence-corrected chi connectivity index (χ2v) is 6.03. The predicted molar refractivity (Wildman–Crippen MR) is 83.0 cm³/mol. The Morgan fingerprint density at radius 3 is 2.57 bits per heavy atom. The van der Waals surface area contributed by atoms with Crippen LogP contribution >= 0.6 is 0 Å². The summed E-state index contributed by atoms with van der Waals surface area (Å²) in [5.41, 5.74) is -0.550. The minimum absolute atomic E-state index is 0.114. The van der Waals surface area contributed by atoms with E-state index in [1.54, 1.807) is 6.07 Å². The Morgan fingerprint density at radius 1 is 1.38 bits per heavy atom. The van der Waals surface area contributed by atoms with E-state index in [1.165, 1.54) is 12.3 Å². The summed E-state index contributed by atoms with van der Waals surface area (Å²) < 4.78 is 78.1. The highest BCUT2D eigenvalue weighted by atomic mass is 16.7. The van der Waals surface area contributed by atoms with Gasteiger partial charge in [-0.15, -0.1) is 0 Å². The third-order valence-corrected chi connectivity index (χ3v) is 4.05. The molecule has 114 valence electrons. The molecule has 1 aromatic rings.